The van der Waals surface area contributed by atoms with Crippen LogP contribution in [0.25, 0.3) is 0 Å². The van der Waals surface area contributed by atoms with E-state index in [-0.39, 0.29) is 48.9 Å². The Kier molecular flexibility index (Phi) is 7.36. The number of piperazine rings is 1. The van der Waals surface area contributed by atoms with Crippen molar-refractivity contribution in [2.24, 2.45) is 0 Å². The van der Waals surface area contributed by atoms with Crippen LogP contribution in [0.15, 0.2) is 29.2 Å². The Morgan fingerprint density at radius 3 is 2.18 bits per heavy atom. The molecular formula is C21H22F3N3O6S. The van der Waals surface area contributed by atoms with Crippen molar-refractivity contribution >= 4 is 27.5 Å². The lowest BCUT2D eigenvalue weighted by Gasteiger charge is -2.34. The van der Waals surface area contributed by atoms with E-state index in [4.69, 9.17) is 9.47 Å². The summed E-state index contributed by atoms with van der Waals surface area (Å²) < 4.78 is 77.7. The van der Waals surface area contributed by atoms with Crippen LogP contribution >= 0.6 is 0 Å². The molecule has 0 aliphatic carbocycles. The number of halogens is 3. The molecule has 2 amide bonds. The predicted molar refractivity (Wildman–Crippen MR) is 115 cm³/mol. The van der Waals surface area contributed by atoms with Gasteiger partial charge in [0.15, 0.2) is 29.0 Å². The van der Waals surface area contributed by atoms with Crippen LogP contribution in [0.4, 0.5) is 18.9 Å². The summed E-state index contributed by atoms with van der Waals surface area (Å²) in [6.07, 6.45) is 0. The average Bonchev–Trinajstić information content (AvgIpc) is 2.81. The summed E-state index contributed by atoms with van der Waals surface area (Å²) in [7, 11) is -1.71. The number of anilines is 1. The van der Waals surface area contributed by atoms with E-state index in [1.165, 1.54) is 38.2 Å². The molecule has 1 aliphatic rings. The zero-order chi connectivity index (χ0) is 25.2. The molecule has 34 heavy (non-hydrogen) atoms. The van der Waals surface area contributed by atoms with Crippen LogP contribution in [0.2, 0.25) is 0 Å². The molecule has 0 radical (unpaired) electrons. The Labute approximate surface area is 194 Å². The monoisotopic (exact) mass is 501 g/mol. The number of hydrogen-bond acceptors (Lipinski definition) is 6. The topological polar surface area (TPSA) is 105 Å². The Morgan fingerprint density at radius 2 is 1.62 bits per heavy atom. The lowest BCUT2D eigenvalue weighted by atomic mass is 10.1. The Bertz CT molecular complexity index is 1230. The summed E-state index contributed by atoms with van der Waals surface area (Å²) in [4.78, 5) is 25.0. The third kappa shape index (κ3) is 4.80. The van der Waals surface area contributed by atoms with Gasteiger partial charge in [-0.25, -0.2) is 21.6 Å². The van der Waals surface area contributed by atoms with E-state index in [1.807, 2.05) is 0 Å². The van der Waals surface area contributed by atoms with Crippen molar-refractivity contribution < 1.29 is 40.7 Å². The molecule has 0 atom stereocenters. The van der Waals surface area contributed by atoms with Crippen molar-refractivity contribution in [1.82, 2.24) is 9.21 Å². The van der Waals surface area contributed by atoms with Crippen molar-refractivity contribution in [2.75, 3.05) is 45.7 Å². The van der Waals surface area contributed by atoms with E-state index in [0.717, 1.165) is 4.31 Å². The summed E-state index contributed by atoms with van der Waals surface area (Å²) in [5, 5.41) is 2.56. The zero-order valence-corrected chi connectivity index (χ0v) is 19.3. The average molecular weight is 501 g/mol. The molecule has 0 spiro atoms. The minimum absolute atomic E-state index is 0.0484. The molecule has 13 heteroatoms. The van der Waals surface area contributed by atoms with Gasteiger partial charge in [-0.2, -0.15) is 4.31 Å². The number of ether oxygens (including phenoxy) is 2. The molecule has 0 unspecified atom stereocenters. The number of carbonyl (C=O) groups is 2. The van der Waals surface area contributed by atoms with Crippen LogP contribution in [0.3, 0.4) is 0 Å². The highest BCUT2D eigenvalue weighted by molar-refractivity contribution is 7.89. The number of hydrogen-bond donors (Lipinski definition) is 1. The molecule has 1 aliphatic heterocycles. The lowest BCUT2D eigenvalue weighted by Crippen LogP contribution is -2.50. The number of nitrogens with one attached hydrogen (secondary N) is 1. The first-order valence-corrected chi connectivity index (χ1v) is 11.4. The molecule has 9 nitrogen and oxygen atoms in total. The Morgan fingerprint density at radius 1 is 0.971 bits per heavy atom. The fraction of sp³-hybridized carbons (Fsp3) is 0.333. The maximum atomic E-state index is 14.1. The summed E-state index contributed by atoms with van der Waals surface area (Å²) in [5.41, 5.74) is 0.372. The van der Waals surface area contributed by atoms with E-state index in [2.05, 4.69) is 5.32 Å². The molecule has 0 saturated carbocycles. The molecule has 0 bridgehead atoms. The van der Waals surface area contributed by atoms with Crippen LogP contribution in [-0.2, 0) is 14.8 Å². The van der Waals surface area contributed by atoms with E-state index in [0.29, 0.717) is 12.1 Å². The number of sulfonamides is 1. The van der Waals surface area contributed by atoms with Gasteiger partial charge in [-0.15, -0.1) is 0 Å². The third-order valence-corrected chi connectivity index (χ3v) is 7.10. The molecule has 3 rings (SSSR count). The van der Waals surface area contributed by atoms with Gasteiger partial charge in [0.1, 0.15) is 4.90 Å². The molecule has 2 aromatic rings. The van der Waals surface area contributed by atoms with Gasteiger partial charge < -0.3 is 19.7 Å². The predicted octanol–water partition coefficient (Wildman–Crippen LogP) is 2.23. The molecule has 184 valence electrons. The van der Waals surface area contributed by atoms with Crippen LogP contribution in [0, 0.1) is 17.5 Å². The number of methoxy groups -OCH3 is 2. The van der Waals surface area contributed by atoms with Crippen molar-refractivity contribution in [3.8, 4) is 11.5 Å². The maximum Gasteiger partial charge on any atom is 0.254 e. The highest BCUT2D eigenvalue weighted by Crippen LogP contribution is 2.37. The number of amides is 2. The third-order valence-electron chi connectivity index (χ3n) is 5.18. The molecule has 0 aromatic heterocycles. The second-order valence-electron chi connectivity index (χ2n) is 7.31. The normalized spacial score (nSPS) is 14.6. The van der Waals surface area contributed by atoms with Crippen LogP contribution < -0.4 is 14.8 Å². The van der Waals surface area contributed by atoms with Gasteiger partial charge in [0.25, 0.3) is 5.91 Å². The largest absolute Gasteiger partial charge is 0.493 e. The summed E-state index contributed by atoms with van der Waals surface area (Å²) in [6.45, 7) is 0.799. The fourth-order valence-electron chi connectivity index (χ4n) is 3.53. The van der Waals surface area contributed by atoms with Crippen LogP contribution in [-0.4, -0.2) is 69.8 Å². The number of nitrogens with zero attached hydrogens (tertiary/aromatic N) is 2. The molecule has 1 heterocycles. The van der Waals surface area contributed by atoms with E-state index in [9.17, 15) is 31.2 Å². The Hall–Kier alpha value is -3.32. The quantitative estimate of drug-likeness (QED) is 0.609. The molecule has 1 saturated heterocycles. The first kappa shape index (κ1) is 25.3. The van der Waals surface area contributed by atoms with Crippen molar-refractivity contribution in [3.63, 3.8) is 0 Å². The number of carbonyl (C=O) groups excluding carboxylic acids is 2. The zero-order valence-electron chi connectivity index (χ0n) is 18.5. The van der Waals surface area contributed by atoms with E-state index in [1.54, 1.807) is 0 Å². The first-order valence-electron chi connectivity index (χ1n) is 9.97. The fourth-order valence-corrected chi connectivity index (χ4v) is 5.01. The standard InChI is InChI=1S/C21H22F3N3O6S/c1-12(28)25-15-10-13(11-16(32-2)20(15)33-3)21(29)26-6-8-27(9-7-26)34(30,31)17-5-4-14(22)18(23)19(17)24/h4-5,10-11H,6-9H2,1-3H3,(H,25,28). The van der Waals surface area contributed by atoms with E-state index < -0.39 is 44.2 Å². The van der Waals surface area contributed by atoms with Gasteiger partial charge in [-0.1, -0.05) is 0 Å². The van der Waals surface area contributed by atoms with Crippen molar-refractivity contribution in [3.05, 3.63) is 47.3 Å². The van der Waals surface area contributed by atoms with Gasteiger partial charge >= 0.3 is 0 Å². The lowest BCUT2D eigenvalue weighted by molar-refractivity contribution is -0.114. The first-order chi connectivity index (χ1) is 16.0. The van der Waals surface area contributed by atoms with Crippen molar-refractivity contribution in [2.45, 2.75) is 11.8 Å². The van der Waals surface area contributed by atoms with Crippen LogP contribution in [0.5, 0.6) is 11.5 Å². The minimum Gasteiger partial charge on any atom is -0.493 e. The molecule has 1 fully saturated rings. The molecular weight excluding hydrogens is 479 g/mol. The second-order valence-corrected chi connectivity index (χ2v) is 9.22. The number of rotatable bonds is 6. The van der Waals surface area contributed by atoms with Crippen LogP contribution in [0.1, 0.15) is 17.3 Å². The summed E-state index contributed by atoms with van der Waals surface area (Å²) in [5.74, 6) is -5.62. The molecule has 2 aromatic carbocycles. The van der Waals surface area contributed by atoms with Gasteiger partial charge in [0.2, 0.25) is 15.9 Å². The summed E-state index contributed by atoms with van der Waals surface area (Å²) in [6, 6.07) is 4.03. The van der Waals surface area contributed by atoms with Crippen molar-refractivity contribution in [1.29, 1.82) is 0 Å². The second kappa shape index (κ2) is 9.89. The SMILES string of the molecule is COc1cc(C(=O)N2CCN(S(=O)(=O)c3ccc(F)c(F)c3F)CC2)cc(NC(C)=O)c1OC. The highest BCUT2D eigenvalue weighted by atomic mass is 32.2. The van der Waals surface area contributed by atoms with Gasteiger partial charge in [0.05, 0.1) is 19.9 Å². The summed E-state index contributed by atoms with van der Waals surface area (Å²) >= 11 is 0. The maximum absolute atomic E-state index is 14.1. The smallest absolute Gasteiger partial charge is 0.254 e. The van der Waals surface area contributed by atoms with Gasteiger partial charge in [-0.3, -0.25) is 9.59 Å². The minimum atomic E-state index is -4.46. The highest BCUT2D eigenvalue weighted by Gasteiger charge is 2.34. The van der Waals surface area contributed by atoms with E-state index >= 15 is 0 Å². The molecule has 1 N–H and O–H groups in total. The number of benzene rings is 2. The van der Waals surface area contributed by atoms with Gasteiger partial charge in [-0.05, 0) is 24.3 Å². The Balaban J connectivity index is 1.81. The van der Waals surface area contributed by atoms with Gasteiger partial charge in [0, 0.05) is 38.7 Å².